The van der Waals surface area contributed by atoms with Crippen LogP contribution in [-0.4, -0.2) is 40.1 Å². The summed E-state index contributed by atoms with van der Waals surface area (Å²) in [6, 6.07) is 0. The summed E-state index contributed by atoms with van der Waals surface area (Å²) in [5.41, 5.74) is 0. The molecule has 0 radical (unpaired) electrons. The number of hydrogen-bond donors (Lipinski definition) is 2. The van der Waals surface area contributed by atoms with Gasteiger partial charge in [-0.2, -0.15) is 0 Å². The Hall–Kier alpha value is -0.910. The summed E-state index contributed by atoms with van der Waals surface area (Å²) in [6.07, 6.45) is 14.4. The second-order valence-electron chi connectivity index (χ2n) is 13.4. The first-order valence-electron chi connectivity index (χ1n) is 18.3. The Bertz CT molecular complexity index is 797. The maximum atomic E-state index is 14.4. The predicted octanol–water partition coefficient (Wildman–Crippen LogP) is 10.3. The highest BCUT2D eigenvalue weighted by atomic mass is 31.2. The van der Waals surface area contributed by atoms with Crippen LogP contribution in [0.1, 0.15) is 171 Å². The highest BCUT2D eigenvalue weighted by molar-refractivity contribution is 7.54. The van der Waals surface area contributed by atoms with Crippen LogP contribution in [0.15, 0.2) is 0 Å². The van der Waals surface area contributed by atoms with Crippen molar-refractivity contribution in [3.05, 3.63) is 0 Å². The van der Waals surface area contributed by atoms with E-state index in [9.17, 15) is 23.9 Å². The molecule has 44 heavy (non-hydrogen) atoms. The van der Waals surface area contributed by atoms with Crippen LogP contribution in [-0.2, 0) is 23.6 Å². The fourth-order valence-corrected chi connectivity index (χ4v) is 7.82. The number of hydrogen-bond acceptors (Lipinski definition) is 5. The Kier molecular flexibility index (Phi) is 23.8. The molecule has 0 bridgehead atoms. The smallest absolute Gasteiger partial charge is 0.343 e. The van der Waals surface area contributed by atoms with E-state index in [4.69, 9.17) is 9.47 Å². The molecule has 0 aromatic rings. The van der Waals surface area contributed by atoms with E-state index in [1.807, 2.05) is 20.8 Å². The van der Waals surface area contributed by atoms with Crippen LogP contribution in [0, 0.1) is 29.6 Å². The molecule has 0 aliphatic heterocycles. The van der Waals surface area contributed by atoms with Gasteiger partial charge in [0, 0.05) is 0 Å². The van der Waals surface area contributed by atoms with E-state index in [0.29, 0.717) is 6.42 Å². The molecule has 0 amide bonds. The highest BCUT2D eigenvalue weighted by Gasteiger charge is 2.63. The van der Waals surface area contributed by atoms with Crippen molar-refractivity contribution in [2.75, 3.05) is 13.2 Å². The zero-order valence-corrected chi connectivity index (χ0v) is 30.8. The lowest BCUT2D eigenvalue weighted by atomic mass is 9.75. The van der Waals surface area contributed by atoms with Crippen LogP contribution in [0.25, 0.3) is 0 Å². The second kappa shape index (κ2) is 24.3. The Balaban J connectivity index is 6.98. The zero-order valence-electron chi connectivity index (χ0n) is 29.9. The van der Waals surface area contributed by atoms with Gasteiger partial charge in [-0.25, -0.2) is 0 Å². The highest BCUT2D eigenvalue weighted by Crippen LogP contribution is 2.60. The molecule has 0 heterocycles. The molecule has 6 atom stereocenters. The molecule has 0 saturated carbocycles. The summed E-state index contributed by atoms with van der Waals surface area (Å²) in [5, 5.41) is -2.27. The first kappa shape index (κ1) is 43.1. The van der Waals surface area contributed by atoms with Crippen LogP contribution in [0.5, 0.6) is 0 Å². The third kappa shape index (κ3) is 14.7. The van der Waals surface area contributed by atoms with Crippen LogP contribution < -0.4 is 0 Å². The van der Waals surface area contributed by atoms with Gasteiger partial charge >= 0.3 is 19.5 Å². The minimum Gasteiger partial charge on any atom is -0.465 e. The Labute approximate surface area is 271 Å². The van der Waals surface area contributed by atoms with E-state index in [2.05, 4.69) is 34.6 Å². The summed E-state index contributed by atoms with van der Waals surface area (Å²) in [7, 11) is -5.20. The lowest BCUT2D eigenvalue weighted by Crippen LogP contribution is -2.52. The minimum atomic E-state index is -5.20. The number of esters is 2. The fraction of sp³-hybridized carbons (Fsp3) is 0.944. The van der Waals surface area contributed by atoms with E-state index < -0.39 is 30.6 Å². The summed E-state index contributed by atoms with van der Waals surface area (Å²) < 4.78 is 25.7. The van der Waals surface area contributed by atoms with Gasteiger partial charge in [-0.3, -0.25) is 14.2 Å². The number of unbranched alkanes of at least 4 members (excludes halogenated alkanes) is 4. The normalized spacial score (nSPS) is 16.9. The number of carbonyl (C=O) groups excluding carboxylic acids is 2. The van der Waals surface area contributed by atoms with Gasteiger partial charge in [0.2, 0.25) is 0 Å². The van der Waals surface area contributed by atoms with Crippen molar-refractivity contribution in [3.8, 4) is 0 Å². The van der Waals surface area contributed by atoms with Gasteiger partial charge < -0.3 is 19.3 Å². The monoisotopic (exact) mass is 646 g/mol. The van der Waals surface area contributed by atoms with Crippen molar-refractivity contribution in [1.29, 1.82) is 0 Å². The molecule has 0 fully saturated rings. The van der Waals surface area contributed by atoms with E-state index in [1.165, 1.54) is 0 Å². The largest absolute Gasteiger partial charge is 0.465 e. The molecule has 0 aromatic heterocycles. The average Bonchev–Trinajstić information content (AvgIpc) is 3.01. The molecule has 0 aliphatic rings. The third-order valence-corrected chi connectivity index (χ3v) is 11.7. The van der Waals surface area contributed by atoms with Gasteiger partial charge in [-0.05, 0) is 49.4 Å². The Morgan fingerprint density at radius 2 is 1.00 bits per heavy atom. The molecule has 262 valence electrons. The Morgan fingerprint density at radius 3 is 1.39 bits per heavy atom. The Morgan fingerprint density at radius 1 is 0.614 bits per heavy atom. The molecule has 0 aliphatic carbocycles. The summed E-state index contributed by atoms with van der Waals surface area (Å²) in [5.74, 6) is -2.65. The van der Waals surface area contributed by atoms with Gasteiger partial charge in [-0.15, -0.1) is 0 Å². The lowest BCUT2D eigenvalue weighted by Gasteiger charge is -2.41. The molecular weight excluding hydrogens is 575 g/mol. The first-order valence-corrected chi connectivity index (χ1v) is 20.0. The van der Waals surface area contributed by atoms with Crippen LogP contribution >= 0.6 is 7.60 Å². The standard InChI is InChI=1S/C36H71O7P/c1-9-17-21-29(13-5)25-33(34(37)42-27-31(15-7)23-19-11-3)36(44(39,40)41,26-30(14-6)22-18-10-2)35(38)43-28-32(16-8)24-20-12-4/h29-33H,9-28H2,1-8H3,(H2,39,40,41). The predicted molar refractivity (Wildman–Crippen MR) is 183 cm³/mol. The summed E-state index contributed by atoms with van der Waals surface area (Å²) >= 11 is 0. The molecule has 6 unspecified atom stereocenters. The molecular formula is C36H71O7P. The molecule has 7 nitrogen and oxygen atoms in total. The van der Waals surface area contributed by atoms with Gasteiger partial charge in [0.1, 0.15) is 0 Å². The molecule has 0 aromatic carbocycles. The van der Waals surface area contributed by atoms with Crippen LogP contribution in [0.3, 0.4) is 0 Å². The number of rotatable bonds is 28. The van der Waals surface area contributed by atoms with E-state index in [-0.39, 0.29) is 49.7 Å². The summed E-state index contributed by atoms with van der Waals surface area (Å²) in [6.45, 7) is 16.9. The van der Waals surface area contributed by atoms with E-state index >= 15 is 0 Å². The maximum Gasteiger partial charge on any atom is 0.343 e. The molecule has 2 N–H and O–H groups in total. The van der Waals surface area contributed by atoms with Crippen molar-refractivity contribution in [1.82, 2.24) is 0 Å². The van der Waals surface area contributed by atoms with Crippen LogP contribution in [0.2, 0.25) is 0 Å². The first-order chi connectivity index (χ1) is 20.9. The fourth-order valence-electron chi connectivity index (χ4n) is 6.41. The van der Waals surface area contributed by atoms with Gasteiger partial charge in [0.05, 0.1) is 19.1 Å². The van der Waals surface area contributed by atoms with Gasteiger partial charge in [0.25, 0.3) is 0 Å². The van der Waals surface area contributed by atoms with Crippen molar-refractivity contribution in [3.63, 3.8) is 0 Å². The van der Waals surface area contributed by atoms with E-state index in [0.717, 1.165) is 96.3 Å². The molecule has 8 heteroatoms. The van der Waals surface area contributed by atoms with Gasteiger partial charge in [-0.1, -0.05) is 145 Å². The number of ether oxygens (including phenoxy) is 2. The van der Waals surface area contributed by atoms with Crippen LogP contribution in [0.4, 0.5) is 0 Å². The zero-order chi connectivity index (χ0) is 33.6. The second-order valence-corrected chi connectivity index (χ2v) is 15.2. The SMILES string of the molecule is CCCCC(CC)COC(=O)C(CC(CC)CCCC)C(CC(CC)CCCC)(C(=O)OCC(CC)CCCC)P(=O)(O)O. The maximum absolute atomic E-state index is 14.4. The van der Waals surface area contributed by atoms with Crippen molar-refractivity contribution < 1.29 is 33.4 Å². The van der Waals surface area contributed by atoms with Gasteiger partial charge in [0.15, 0.2) is 5.16 Å². The van der Waals surface area contributed by atoms with Crippen molar-refractivity contribution in [2.24, 2.45) is 29.6 Å². The van der Waals surface area contributed by atoms with Crippen molar-refractivity contribution in [2.45, 2.75) is 176 Å². The molecule has 0 rings (SSSR count). The topological polar surface area (TPSA) is 110 Å². The lowest BCUT2D eigenvalue weighted by molar-refractivity contribution is -0.163. The van der Waals surface area contributed by atoms with E-state index in [1.54, 1.807) is 0 Å². The minimum absolute atomic E-state index is 0.0388. The average molecular weight is 647 g/mol. The molecule has 0 spiro atoms. The number of carbonyl (C=O) groups is 2. The summed E-state index contributed by atoms with van der Waals surface area (Å²) in [4.78, 5) is 51.1. The molecule has 0 saturated heterocycles. The van der Waals surface area contributed by atoms with Crippen molar-refractivity contribution >= 4 is 19.5 Å². The quantitative estimate of drug-likeness (QED) is 0.0643. The third-order valence-electron chi connectivity index (χ3n) is 9.99.